The van der Waals surface area contributed by atoms with Crippen LogP contribution >= 0.6 is 11.3 Å². The first-order chi connectivity index (χ1) is 8.92. The molecule has 2 amide bonds. The largest absolute Gasteiger partial charge is 0.481 e. The molecule has 1 aromatic heterocycles. The molecule has 1 aliphatic rings. The number of hydrogen-bond donors (Lipinski definition) is 2. The molecule has 6 nitrogen and oxygen atoms in total. The van der Waals surface area contributed by atoms with Gasteiger partial charge in [0.05, 0.1) is 23.2 Å². The standard InChI is InChI=1S/C12H17N3O3S/c1-8-9(19-7-14-8)5-13-11(18)15-4-3-12(2,6-15)10(16)17/h7H,3-6H2,1-2H3,(H,13,18)(H,16,17). The molecule has 1 aromatic rings. The Labute approximate surface area is 115 Å². The molecule has 2 rings (SSSR count). The number of aliphatic carboxylic acids is 1. The number of carbonyl (C=O) groups excluding carboxylic acids is 1. The molecule has 0 bridgehead atoms. The molecule has 1 unspecified atom stereocenters. The summed E-state index contributed by atoms with van der Waals surface area (Å²) in [5, 5.41) is 11.9. The summed E-state index contributed by atoms with van der Waals surface area (Å²) in [6.07, 6.45) is 0.495. The van der Waals surface area contributed by atoms with Gasteiger partial charge in [-0.2, -0.15) is 0 Å². The Morgan fingerprint density at radius 3 is 2.89 bits per heavy atom. The number of urea groups is 1. The van der Waals surface area contributed by atoms with E-state index >= 15 is 0 Å². The smallest absolute Gasteiger partial charge is 0.317 e. The van der Waals surface area contributed by atoms with Crippen molar-refractivity contribution < 1.29 is 14.7 Å². The van der Waals surface area contributed by atoms with E-state index in [0.717, 1.165) is 10.6 Å². The summed E-state index contributed by atoms with van der Waals surface area (Å²) in [6.45, 7) is 4.76. The summed E-state index contributed by atoms with van der Waals surface area (Å²) in [5.41, 5.74) is 1.84. The van der Waals surface area contributed by atoms with Gasteiger partial charge in [-0.05, 0) is 20.3 Å². The number of hydrogen-bond acceptors (Lipinski definition) is 4. The maximum atomic E-state index is 12.0. The van der Waals surface area contributed by atoms with Gasteiger partial charge in [0.15, 0.2) is 0 Å². The van der Waals surface area contributed by atoms with Crippen LogP contribution in [0.25, 0.3) is 0 Å². The minimum absolute atomic E-state index is 0.210. The molecule has 1 aliphatic heterocycles. The normalized spacial score (nSPS) is 22.5. The highest BCUT2D eigenvalue weighted by Crippen LogP contribution is 2.30. The molecule has 2 heterocycles. The van der Waals surface area contributed by atoms with Crippen molar-refractivity contribution in [1.82, 2.24) is 15.2 Å². The first-order valence-electron chi connectivity index (χ1n) is 6.07. The molecule has 0 spiro atoms. The van der Waals surface area contributed by atoms with Crippen LogP contribution in [0.4, 0.5) is 4.79 Å². The van der Waals surface area contributed by atoms with Crippen LogP contribution in [0, 0.1) is 12.3 Å². The van der Waals surface area contributed by atoms with Crippen LogP contribution in [0.5, 0.6) is 0 Å². The van der Waals surface area contributed by atoms with E-state index in [1.54, 1.807) is 17.3 Å². The molecule has 0 aromatic carbocycles. The number of amides is 2. The minimum atomic E-state index is -0.846. The van der Waals surface area contributed by atoms with E-state index in [1.807, 2.05) is 6.92 Å². The fourth-order valence-electron chi connectivity index (χ4n) is 2.07. The lowest BCUT2D eigenvalue weighted by atomic mass is 9.90. The summed E-state index contributed by atoms with van der Waals surface area (Å²) < 4.78 is 0. The number of nitrogens with zero attached hydrogens (tertiary/aromatic N) is 2. The number of thiazole rings is 1. The quantitative estimate of drug-likeness (QED) is 0.879. The summed E-state index contributed by atoms with van der Waals surface area (Å²) in [5.74, 6) is -0.846. The molecule has 1 atom stereocenters. The van der Waals surface area contributed by atoms with Crippen LogP contribution in [0.2, 0.25) is 0 Å². The van der Waals surface area contributed by atoms with E-state index in [4.69, 9.17) is 5.11 Å². The molecule has 104 valence electrons. The van der Waals surface area contributed by atoms with Crippen molar-refractivity contribution in [3.05, 3.63) is 16.1 Å². The van der Waals surface area contributed by atoms with E-state index in [9.17, 15) is 9.59 Å². The Hall–Kier alpha value is -1.63. The molecule has 1 saturated heterocycles. The van der Waals surface area contributed by atoms with Gasteiger partial charge in [-0.25, -0.2) is 9.78 Å². The molecule has 1 fully saturated rings. The predicted octanol–water partition coefficient (Wildman–Crippen LogP) is 1.46. The third kappa shape index (κ3) is 2.86. The molecular weight excluding hydrogens is 266 g/mol. The summed E-state index contributed by atoms with van der Waals surface area (Å²) in [7, 11) is 0. The zero-order chi connectivity index (χ0) is 14.0. The van der Waals surface area contributed by atoms with Crippen LogP contribution in [0.15, 0.2) is 5.51 Å². The van der Waals surface area contributed by atoms with E-state index in [-0.39, 0.29) is 12.6 Å². The number of carboxylic acids is 1. The lowest BCUT2D eigenvalue weighted by Crippen LogP contribution is -2.40. The molecule has 2 N–H and O–H groups in total. The summed E-state index contributed by atoms with van der Waals surface area (Å²) >= 11 is 1.50. The van der Waals surface area contributed by atoms with E-state index < -0.39 is 11.4 Å². The zero-order valence-corrected chi connectivity index (χ0v) is 11.8. The van der Waals surface area contributed by atoms with Crippen molar-refractivity contribution in [2.75, 3.05) is 13.1 Å². The molecule has 0 saturated carbocycles. The van der Waals surface area contributed by atoms with Crippen molar-refractivity contribution >= 4 is 23.3 Å². The third-order valence-electron chi connectivity index (χ3n) is 3.52. The topological polar surface area (TPSA) is 82.5 Å². The number of aryl methyl sites for hydroxylation is 1. The first kappa shape index (κ1) is 13.8. The second-order valence-electron chi connectivity index (χ2n) is 5.06. The van der Waals surface area contributed by atoms with Crippen LogP contribution in [0.3, 0.4) is 0 Å². The molecule has 7 heteroatoms. The van der Waals surface area contributed by atoms with Gasteiger partial charge < -0.3 is 15.3 Å². The highest BCUT2D eigenvalue weighted by atomic mass is 32.1. The van der Waals surface area contributed by atoms with Gasteiger partial charge in [0.2, 0.25) is 0 Å². The Balaban J connectivity index is 1.89. The first-order valence-corrected chi connectivity index (χ1v) is 6.95. The average molecular weight is 283 g/mol. The fourth-order valence-corrected chi connectivity index (χ4v) is 2.79. The van der Waals surface area contributed by atoms with Gasteiger partial charge in [0.1, 0.15) is 0 Å². The van der Waals surface area contributed by atoms with Crippen LogP contribution < -0.4 is 5.32 Å². The van der Waals surface area contributed by atoms with E-state index in [0.29, 0.717) is 19.5 Å². The molecule has 19 heavy (non-hydrogen) atoms. The van der Waals surface area contributed by atoms with Crippen molar-refractivity contribution in [3.63, 3.8) is 0 Å². The monoisotopic (exact) mass is 283 g/mol. The van der Waals surface area contributed by atoms with E-state index in [1.165, 1.54) is 11.3 Å². The Kier molecular flexibility index (Phi) is 3.75. The highest BCUT2D eigenvalue weighted by molar-refractivity contribution is 7.09. The third-order valence-corrected chi connectivity index (χ3v) is 4.46. The minimum Gasteiger partial charge on any atom is -0.481 e. The number of nitrogens with one attached hydrogen (secondary N) is 1. The average Bonchev–Trinajstić information content (AvgIpc) is 2.94. The van der Waals surface area contributed by atoms with Gasteiger partial charge in [-0.15, -0.1) is 11.3 Å². The SMILES string of the molecule is Cc1ncsc1CNC(=O)N1CCC(C)(C(=O)O)C1. The summed E-state index contributed by atoms with van der Waals surface area (Å²) in [6, 6.07) is -0.210. The number of rotatable bonds is 3. The second kappa shape index (κ2) is 5.16. The number of aromatic nitrogens is 1. The Bertz CT molecular complexity index is 502. The molecule has 0 aliphatic carbocycles. The maximum Gasteiger partial charge on any atom is 0.317 e. The fraction of sp³-hybridized carbons (Fsp3) is 0.583. The lowest BCUT2D eigenvalue weighted by molar-refractivity contribution is -0.146. The van der Waals surface area contributed by atoms with Crippen LogP contribution in [-0.2, 0) is 11.3 Å². The van der Waals surface area contributed by atoms with Gasteiger partial charge in [-0.3, -0.25) is 4.79 Å². The number of carboxylic acid groups (broad SMARTS) is 1. The maximum absolute atomic E-state index is 12.0. The zero-order valence-electron chi connectivity index (χ0n) is 11.0. The van der Waals surface area contributed by atoms with Crippen LogP contribution in [0.1, 0.15) is 23.9 Å². The van der Waals surface area contributed by atoms with Crippen molar-refractivity contribution in [1.29, 1.82) is 0 Å². The van der Waals surface area contributed by atoms with Gasteiger partial charge >= 0.3 is 12.0 Å². The van der Waals surface area contributed by atoms with Gasteiger partial charge in [0.25, 0.3) is 0 Å². The van der Waals surface area contributed by atoms with Gasteiger partial charge in [-0.1, -0.05) is 0 Å². The Morgan fingerprint density at radius 1 is 1.63 bits per heavy atom. The van der Waals surface area contributed by atoms with Crippen molar-refractivity contribution in [2.24, 2.45) is 5.41 Å². The van der Waals surface area contributed by atoms with E-state index in [2.05, 4.69) is 10.3 Å². The second-order valence-corrected chi connectivity index (χ2v) is 6.00. The number of carbonyl (C=O) groups is 2. The molecule has 0 radical (unpaired) electrons. The van der Waals surface area contributed by atoms with Gasteiger partial charge in [0, 0.05) is 18.0 Å². The number of likely N-dealkylation sites (tertiary alicyclic amines) is 1. The van der Waals surface area contributed by atoms with Crippen molar-refractivity contribution in [3.8, 4) is 0 Å². The molecular formula is C12H17N3O3S. The van der Waals surface area contributed by atoms with Crippen molar-refractivity contribution in [2.45, 2.75) is 26.8 Å². The Morgan fingerprint density at radius 2 is 2.37 bits per heavy atom. The van der Waals surface area contributed by atoms with Crippen LogP contribution in [-0.4, -0.2) is 40.1 Å². The predicted molar refractivity (Wildman–Crippen MR) is 71.0 cm³/mol. The highest BCUT2D eigenvalue weighted by Gasteiger charge is 2.42. The summed E-state index contributed by atoms with van der Waals surface area (Å²) in [4.78, 5) is 29.8. The lowest BCUT2D eigenvalue weighted by Gasteiger charge is -2.20.